The first-order valence-electron chi connectivity index (χ1n) is 9.24. The third-order valence-electron chi connectivity index (χ3n) is 3.66. The normalized spacial score (nSPS) is 12.2. The highest BCUT2D eigenvalue weighted by atomic mass is 35.5. The summed E-state index contributed by atoms with van der Waals surface area (Å²) in [7, 11) is 1.53. The Kier molecular flexibility index (Phi) is 10.0. The lowest BCUT2D eigenvalue weighted by Crippen LogP contribution is -2.48. The highest BCUT2D eigenvalue weighted by Gasteiger charge is 2.24. The van der Waals surface area contributed by atoms with Gasteiger partial charge in [0.15, 0.2) is 0 Å². The molecule has 0 spiro atoms. The Morgan fingerprint density at radius 1 is 1.11 bits per heavy atom. The van der Waals surface area contributed by atoms with Crippen LogP contribution in [0.4, 0.5) is 4.79 Å². The molecule has 2 amide bonds. The van der Waals surface area contributed by atoms with Gasteiger partial charge in [0.05, 0.1) is 6.61 Å². The quantitative estimate of drug-likeness (QED) is 0.465. The van der Waals surface area contributed by atoms with Crippen molar-refractivity contribution in [3.05, 3.63) is 29.8 Å². The van der Waals surface area contributed by atoms with Crippen molar-refractivity contribution in [1.82, 2.24) is 10.6 Å². The first-order chi connectivity index (χ1) is 12.7. The molecule has 2 N–H and O–H groups in total. The zero-order valence-electron chi connectivity index (χ0n) is 16.6. The van der Waals surface area contributed by atoms with Crippen molar-refractivity contribution < 1.29 is 19.1 Å². The monoisotopic (exact) mass is 398 g/mol. The van der Waals surface area contributed by atoms with Gasteiger partial charge in [0.1, 0.15) is 17.4 Å². The lowest BCUT2D eigenvalue weighted by molar-refractivity contribution is -0.122. The zero-order valence-corrected chi connectivity index (χ0v) is 17.4. The van der Waals surface area contributed by atoms with Crippen LogP contribution in [-0.4, -0.2) is 43.2 Å². The lowest BCUT2D eigenvalue weighted by atomic mass is 10.1. The van der Waals surface area contributed by atoms with Crippen LogP contribution < -0.4 is 15.4 Å². The van der Waals surface area contributed by atoms with E-state index in [2.05, 4.69) is 10.6 Å². The number of likely N-dealkylation sites (N-methyl/N-ethyl adjacent to an activating group) is 1. The maximum atomic E-state index is 12.1. The predicted octanol–water partition coefficient (Wildman–Crippen LogP) is 3.66. The molecule has 0 unspecified atom stereocenters. The number of alkyl halides is 1. The molecule has 0 saturated carbocycles. The summed E-state index contributed by atoms with van der Waals surface area (Å²) in [6.07, 6.45) is 2.75. The molecule has 1 aromatic rings. The summed E-state index contributed by atoms with van der Waals surface area (Å²) in [6, 6.07) is 6.80. The van der Waals surface area contributed by atoms with Crippen LogP contribution in [0.1, 0.15) is 45.6 Å². The molecule has 1 atom stereocenters. The van der Waals surface area contributed by atoms with Gasteiger partial charge >= 0.3 is 6.09 Å². The molecule has 0 heterocycles. The average molecular weight is 399 g/mol. The van der Waals surface area contributed by atoms with Gasteiger partial charge in [-0.2, -0.15) is 0 Å². The fourth-order valence-corrected chi connectivity index (χ4v) is 2.54. The van der Waals surface area contributed by atoms with Crippen LogP contribution >= 0.6 is 11.6 Å². The number of benzene rings is 1. The molecule has 0 radical (unpaired) electrons. The number of carbonyl (C=O) groups excluding carboxylic acids is 2. The Morgan fingerprint density at radius 2 is 1.78 bits per heavy atom. The fourth-order valence-electron chi connectivity index (χ4n) is 2.35. The van der Waals surface area contributed by atoms with Crippen LogP contribution in [-0.2, 0) is 16.0 Å². The second kappa shape index (κ2) is 11.7. The van der Waals surface area contributed by atoms with Gasteiger partial charge in [-0.1, -0.05) is 12.1 Å². The van der Waals surface area contributed by atoms with Gasteiger partial charge in [-0.05, 0) is 57.7 Å². The zero-order chi connectivity index (χ0) is 20.3. The lowest BCUT2D eigenvalue weighted by Gasteiger charge is -2.23. The largest absolute Gasteiger partial charge is 0.494 e. The molecule has 7 heteroatoms. The molecule has 0 aliphatic heterocycles. The van der Waals surface area contributed by atoms with Crippen molar-refractivity contribution in [2.24, 2.45) is 0 Å². The van der Waals surface area contributed by atoms with Crippen LogP contribution in [0.3, 0.4) is 0 Å². The molecule has 0 aliphatic carbocycles. The van der Waals surface area contributed by atoms with Crippen molar-refractivity contribution in [2.75, 3.05) is 19.5 Å². The summed E-state index contributed by atoms with van der Waals surface area (Å²) in [6.45, 7) is 5.97. The van der Waals surface area contributed by atoms with Crippen molar-refractivity contribution in [3.63, 3.8) is 0 Å². The number of amides is 2. The van der Waals surface area contributed by atoms with E-state index in [0.29, 0.717) is 18.9 Å². The number of alkyl carbamates (subject to hydrolysis) is 1. The Bertz CT molecular complexity index is 585. The molecule has 27 heavy (non-hydrogen) atoms. The molecule has 0 fully saturated rings. The van der Waals surface area contributed by atoms with Crippen LogP contribution in [0.2, 0.25) is 0 Å². The van der Waals surface area contributed by atoms with Crippen LogP contribution in [0.5, 0.6) is 5.75 Å². The summed E-state index contributed by atoms with van der Waals surface area (Å²) in [4.78, 5) is 24.1. The SMILES string of the molecule is CNC(=O)[C@H](Cc1ccc(OCCCCCCl)cc1)NC(=O)OC(C)(C)C. The highest BCUT2D eigenvalue weighted by molar-refractivity contribution is 6.17. The molecule has 152 valence electrons. The van der Waals surface area contributed by atoms with E-state index < -0.39 is 17.7 Å². The highest BCUT2D eigenvalue weighted by Crippen LogP contribution is 2.15. The van der Waals surface area contributed by atoms with Crippen molar-refractivity contribution in [3.8, 4) is 5.75 Å². The average Bonchev–Trinajstić information content (AvgIpc) is 2.60. The van der Waals surface area contributed by atoms with E-state index in [1.807, 2.05) is 24.3 Å². The minimum absolute atomic E-state index is 0.277. The summed E-state index contributed by atoms with van der Waals surface area (Å²) in [5.41, 5.74) is 0.286. The topological polar surface area (TPSA) is 76.7 Å². The summed E-state index contributed by atoms with van der Waals surface area (Å²) >= 11 is 5.65. The van der Waals surface area contributed by atoms with Gasteiger partial charge < -0.3 is 20.1 Å². The number of nitrogens with one attached hydrogen (secondary N) is 2. The minimum atomic E-state index is -0.716. The summed E-state index contributed by atoms with van der Waals surface area (Å²) in [5, 5.41) is 5.19. The number of hydrogen-bond acceptors (Lipinski definition) is 4. The van der Waals surface area contributed by atoms with Gasteiger partial charge in [-0.3, -0.25) is 4.79 Å². The molecule has 0 aromatic heterocycles. The maximum Gasteiger partial charge on any atom is 0.408 e. The van der Waals surface area contributed by atoms with Crippen molar-refractivity contribution >= 4 is 23.6 Å². The molecule has 1 aromatic carbocycles. The Morgan fingerprint density at radius 3 is 2.33 bits per heavy atom. The Balaban J connectivity index is 2.59. The number of halogens is 1. The molecule has 6 nitrogen and oxygen atoms in total. The van der Waals surface area contributed by atoms with Gasteiger partial charge in [0.2, 0.25) is 5.91 Å². The minimum Gasteiger partial charge on any atom is -0.494 e. The van der Waals surface area contributed by atoms with E-state index in [-0.39, 0.29) is 5.91 Å². The number of hydrogen-bond donors (Lipinski definition) is 2. The number of ether oxygens (including phenoxy) is 2. The first-order valence-corrected chi connectivity index (χ1v) is 9.77. The fraction of sp³-hybridized carbons (Fsp3) is 0.600. The third-order valence-corrected chi connectivity index (χ3v) is 3.93. The summed E-state index contributed by atoms with van der Waals surface area (Å²) in [5.74, 6) is 1.18. The second-order valence-corrected chi connectivity index (χ2v) is 7.64. The van der Waals surface area contributed by atoms with Crippen molar-refractivity contribution in [2.45, 2.75) is 58.1 Å². The van der Waals surface area contributed by atoms with E-state index >= 15 is 0 Å². The summed E-state index contributed by atoms with van der Waals surface area (Å²) < 4.78 is 10.9. The number of rotatable bonds is 10. The van der Waals surface area contributed by atoms with Crippen LogP contribution in [0.25, 0.3) is 0 Å². The molecule has 0 saturated heterocycles. The molecular weight excluding hydrogens is 368 g/mol. The van der Waals surface area contributed by atoms with Crippen LogP contribution in [0, 0.1) is 0 Å². The van der Waals surface area contributed by atoms with E-state index in [4.69, 9.17) is 21.1 Å². The van der Waals surface area contributed by atoms with Gasteiger partial charge in [-0.15, -0.1) is 11.6 Å². The Hall–Kier alpha value is -1.95. The van der Waals surface area contributed by atoms with E-state index in [1.165, 1.54) is 7.05 Å². The smallest absolute Gasteiger partial charge is 0.408 e. The van der Waals surface area contributed by atoms with Crippen LogP contribution in [0.15, 0.2) is 24.3 Å². The molecule has 0 bridgehead atoms. The first kappa shape index (κ1) is 23.1. The molecule has 1 rings (SSSR count). The molecule has 0 aliphatic rings. The van der Waals surface area contributed by atoms with Gasteiger partial charge in [0.25, 0.3) is 0 Å². The third kappa shape index (κ3) is 10.1. The Labute approximate surface area is 166 Å². The number of unbranched alkanes of at least 4 members (excludes halogenated alkanes) is 2. The number of carbonyl (C=O) groups is 2. The van der Waals surface area contributed by atoms with Gasteiger partial charge in [0, 0.05) is 19.3 Å². The second-order valence-electron chi connectivity index (χ2n) is 7.26. The maximum absolute atomic E-state index is 12.1. The van der Waals surface area contributed by atoms with E-state index in [9.17, 15) is 9.59 Å². The van der Waals surface area contributed by atoms with E-state index in [1.54, 1.807) is 20.8 Å². The van der Waals surface area contributed by atoms with E-state index in [0.717, 1.165) is 30.6 Å². The standard InChI is InChI=1S/C20H31ClN2O4/c1-20(2,3)27-19(25)23-17(18(24)22-4)14-15-8-10-16(11-9-15)26-13-7-5-6-12-21/h8-11,17H,5-7,12-14H2,1-4H3,(H,22,24)(H,23,25)/t17-/m0/s1. The molecular formula is C20H31ClN2O4. The predicted molar refractivity (Wildman–Crippen MR) is 107 cm³/mol. The van der Waals surface area contributed by atoms with Crippen molar-refractivity contribution in [1.29, 1.82) is 0 Å². The van der Waals surface area contributed by atoms with Gasteiger partial charge in [-0.25, -0.2) is 4.79 Å².